The molecule has 7 heteroatoms. The quantitative estimate of drug-likeness (QED) is 0.852. The van der Waals surface area contributed by atoms with Crippen molar-refractivity contribution >= 4 is 35.6 Å². The van der Waals surface area contributed by atoms with Crippen LogP contribution in [0.4, 0.5) is 0 Å². The van der Waals surface area contributed by atoms with E-state index in [2.05, 4.69) is 21.6 Å². The minimum absolute atomic E-state index is 0. The van der Waals surface area contributed by atoms with E-state index in [4.69, 9.17) is 27.9 Å². The number of benzene rings is 1. The summed E-state index contributed by atoms with van der Waals surface area (Å²) in [4.78, 5) is 0. The summed E-state index contributed by atoms with van der Waals surface area (Å²) < 4.78 is 6.07. The van der Waals surface area contributed by atoms with E-state index in [1.54, 1.807) is 0 Å². The maximum atomic E-state index is 6.16. The number of hydrogen-bond donors (Lipinski definition) is 2. The number of aromatic amines is 1. The lowest BCUT2D eigenvalue weighted by Gasteiger charge is -2.25. The molecule has 1 aliphatic rings. The van der Waals surface area contributed by atoms with Gasteiger partial charge < -0.3 is 10.1 Å². The molecule has 0 aliphatic carbocycles. The highest BCUT2D eigenvalue weighted by atomic mass is 35.5. The van der Waals surface area contributed by atoms with Gasteiger partial charge in [-0.05, 0) is 37.1 Å². The fraction of sp³-hybridized carbons (Fsp3) is 0.438. The maximum absolute atomic E-state index is 6.16. The molecule has 1 saturated heterocycles. The van der Waals surface area contributed by atoms with Gasteiger partial charge in [-0.15, -0.1) is 12.4 Å². The molecule has 0 bridgehead atoms. The van der Waals surface area contributed by atoms with Crippen LogP contribution in [-0.4, -0.2) is 29.9 Å². The number of nitrogens with zero attached hydrogens (tertiary/aromatic N) is 1. The first-order chi connectivity index (χ1) is 10.6. The highest BCUT2D eigenvalue weighted by Crippen LogP contribution is 2.33. The van der Waals surface area contributed by atoms with Gasteiger partial charge in [0, 0.05) is 24.7 Å². The minimum Gasteiger partial charge on any atom is -0.372 e. The molecule has 4 nitrogen and oxygen atoms in total. The molecule has 0 amide bonds. The molecule has 2 atom stereocenters. The lowest BCUT2D eigenvalue weighted by Crippen LogP contribution is -2.26. The minimum atomic E-state index is -0.0122. The van der Waals surface area contributed by atoms with E-state index in [0.717, 1.165) is 36.5 Å². The number of aryl methyl sites for hydroxylation is 1. The summed E-state index contributed by atoms with van der Waals surface area (Å²) in [6, 6.07) is 7.81. The fourth-order valence-electron chi connectivity index (χ4n) is 2.87. The van der Waals surface area contributed by atoms with Crippen LogP contribution < -0.4 is 5.32 Å². The summed E-state index contributed by atoms with van der Waals surface area (Å²) >= 11 is 12.2. The Morgan fingerprint density at radius 1 is 1.26 bits per heavy atom. The summed E-state index contributed by atoms with van der Waals surface area (Å²) in [5.74, 6) is 0.294. The van der Waals surface area contributed by atoms with Gasteiger partial charge in [0.05, 0.1) is 28.5 Å². The second kappa shape index (κ2) is 8.36. The third kappa shape index (κ3) is 4.61. The maximum Gasteiger partial charge on any atom is 0.0870 e. The summed E-state index contributed by atoms with van der Waals surface area (Å²) in [7, 11) is 0. The standard InChI is InChI=1S/C16H19Cl2N3O.ClH/c1-10-6-13(21-20-10)7-12-9-19-4-5-22-16(12)11-2-3-14(17)15(18)8-11;/h2-3,6,8,12,16,19H,4-5,7,9H2,1H3,(H,20,21);1H/t12-,16+;/m1./s1. The summed E-state index contributed by atoms with van der Waals surface area (Å²) in [5, 5.41) is 11.9. The van der Waals surface area contributed by atoms with Gasteiger partial charge >= 0.3 is 0 Å². The molecule has 3 rings (SSSR count). The fourth-order valence-corrected chi connectivity index (χ4v) is 3.18. The summed E-state index contributed by atoms with van der Waals surface area (Å²) in [6.07, 6.45) is 0.837. The highest BCUT2D eigenvalue weighted by Gasteiger charge is 2.27. The molecular formula is C16H20Cl3N3O. The molecule has 0 unspecified atom stereocenters. The molecule has 126 valence electrons. The number of nitrogens with one attached hydrogen (secondary N) is 2. The van der Waals surface area contributed by atoms with E-state index in [1.165, 1.54) is 0 Å². The summed E-state index contributed by atoms with van der Waals surface area (Å²) in [6.45, 7) is 4.43. The third-order valence-corrected chi connectivity index (χ3v) is 4.65. The predicted molar refractivity (Wildman–Crippen MR) is 95.8 cm³/mol. The Morgan fingerprint density at radius 3 is 2.78 bits per heavy atom. The Hall–Kier alpha value is -0.780. The third-order valence-electron chi connectivity index (χ3n) is 3.91. The van der Waals surface area contributed by atoms with Gasteiger partial charge in [0.15, 0.2) is 0 Å². The summed E-state index contributed by atoms with van der Waals surface area (Å²) in [5.41, 5.74) is 3.19. The second-order valence-electron chi connectivity index (χ2n) is 5.68. The molecule has 2 N–H and O–H groups in total. The molecule has 1 fully saturated rings. The van der Waals surface area contributed by atoms with Crippen LogP contribution in [0.3, 0.4) is 0 Å². The number of hydrogen-bond acceptors (Lipinski definition) is 3. The first-order valence-corrected chi connectivity index (χ1v) is 8.17. The number of halogens is 3. The second-order valence-corrected chi connectivity index (χ2v) is 6.49. The first kappa shape index (κ1) is 18.6. The number of ether oxygens (including phenoxy) is 1. The number of aromatic nitrogens is 2. The molecule has 1 aromatic carbocycles. The van der Waals surface area contributed by atoms with E-state index >= 15 is 0 Å². The van der Waals surface area contributed by atoms with E-state index < -0.39 is 0 Å². The van der Waals surface area contributed by atoms with Gasteiger partial charge in [0.2, 0.25) is 0 Å². The Labute approximate surface area is 152 Å². The topological polar surface area (TPSA) is 49.9 Å². The van der Waals surface area contributed by atoms with Gasteiger partial charge in [-0.3, -0.25) is 5.10 Å². The van der Waals surface area contributed by atoms with E-state index in [9.17, 15) is 0 Å². The van der Waals surface area contributed by atoms with Crippen molar-refractivity contribution < 1.29 is 4.74 Å². The van der Waals surface area contributed by atoms with Crippen LogP contribution in [-0.2, 0) is 11.2 Å². The van der Waals surface area contributed by atoms with Gasteiger partial charge in [0.1, 0.15) is 0 Å². The van der Waals surface area contributed by atoms with Crippen molar-refractivity contribution in [2.24, 2.45) is 5.92 Å². The molecule has 23 heavy (non-hydrogen) atoms. The van der Waals surface area contributed by atoms with Gasteiger partial charge in [0.25, 0.3) is 0 Å². The Morgan fingerprint density at radius 2 is 2.09 bits per heavy atom. The van der Waals surface area contributed by atoms with Gasteiger partial charge in [-0.1, -0.05) is 29.3 Å². The smallest absolute Gasteiger partial charge is 0.0870 e. The van der Waals surface area contributed by atoms with Gasteiger partial charge in [-0.25, -0.2) is 0 Å². The van der Waals surface area contributed by atoms with Crippen LogP contribution >= 0.6 is 35.6 Å². The van der Waals surface area contributed by atoms with Crippen molar-refractivity contribution in [1.29, 1.82) is 0 Å². The van der Waals surface area contributed by atoms with E-state index in [0.29, 0.717) is 22.6 Å². The van der Waals surface area contributed by atoms with Crippen molar-refractivity contribution in [3.63, 3.8) is 0 Å². The Kier molecular flexibility index (Phi) is 6.74. The van der Waals surface area contributed by atoms with Crippen LogP contribution in [0.5, 0.6) is 0 Å². The monoisotopic (exact) mass is 375 g/mol. The van der Waals surface area contributed by atoms with Crippen LogP contribution in [0.15, 0.2) is 24.3 Å². The molecule has 1 aliphatic heterocycles. The zero-order valence-electron chi connectivity index (χ0n) is 12.8. The van der Waals surface area contributed by atoms with Crippen molar-refractivity contribution in [2.45, 2.75) is 19.4 Å². The first-order valence-electron chi connectivity index (χ1n) is 7.41. The lowest BCUT2D eigenvalue weighted by molar-refractivity contribution is 0.0304. The van der Waals surface area contributed by atoms with E-state index in [-0.39, 0.29) is 18.5 Å². The zero-order chi connectivity index (χ0) is 15.5. The van der Waals surface area contributed by atoms with Crippen molar-refractivity contribution in [3.8, 4) is 0 Å². The number of H-pyrrole nitrogens is 1. The lowest BCUT2D eigenvalue weighted by atomic mass is 9.91. The average molecular weight is 377 g/mol. The van der Waals surface area contributed by atoms with Crippen LogP contribution in [0, 0.1) is 12.8 Å². The van der Waals surface area contributed by atoms with Crippen molar-refractivity contribution in [3.05, 3.63) is 51.3 Å². The largest absolute Gasteiger partial charge is 0.372 e. The molecular weight excluding hydrogens is 357 g/mol. The molecule has 0 spiro atoms. The Balaban J connectivity index is 0.00000192. The van der Waals surface area contributed by atoms with Crippen LogP contribution in [0.25, 0.3) is 0 Å². The van der Waals surface area contributed by atoms with Crippen molar-refractivity contribution in [1.82, 2.24) is 15.5 Å². The average Bonchev–Trinajstić information content (AvgIpc) is 2.76. The van der Waals surface area contributed by atoms with Crippen molar-refractivity contribution in [2.75, 3.05) is 19.7 Å². The number of rotatable bonds is 3. The van der Waals surface area contributed by atoms with Crippen LogP contribution in [0.2, 0.25) is 10.0 Å². The molecule has 2 aromatic rings. The zero-order valence-corrected chi connectivity index (χ0v) is 15.1. The Bertz CT molecular complexity index is 647. The molecule has 1 aromatic heterocycles. The molecule has 0 radical (unpaired) electrons. The van der Waals surface area contributed by atoms with E-state index in [1.807, 2.05) is 25.1 Å². The van der Waals surface area contributed by atoms with Crippen LogP contribution in [0.1, 0.15) is 23.1 Å². The highest BCUT2D eigenvalue weighted by molar-refractivity contribution is 6.42. The molecule has 2 heterocycles. The van der Waals surface area contributed by atoms with Gasteiger partial charge in [-0.2, -0.15) is 5.10 Å². The predicted octanol–water partition coefficient (Wildman–Crippen LogP) is 3.97. The molecule has 0 saturated carbocycles. The SMILES string of the molecule is Cc1cc(C[C@@H]2CNCCO[C@H]2c2ccc(Cl)c(Cl)c2)n[nH]1.Cl. The normalized spacial score (nSPS) is 21.5.